The van der Waals surface area contributed by atoms with Gasteiger partial charge in [-0.1, -0.05) is 6.92 Å². The maximum Gasteiger partial charge on any atom is 0.274 e. The van der Waals surface area contributed by atoms with Crippen LogP contribution in [0.5, 0.6) is 0 Å². The van der Waals surface area contributed by atoms with Crippen molar-refractivity contribution in [2.45, 2.75) is 25.3 Å². The zero-order valence-electron chi connectivity index (χ0n) is 12.5. The lowest BCUT2D eigenvalue weighted by Crippen LogP contribution is -2.61. The molecule has 3 rings (SSSR count). The number of hydrogen-bond acceptors (Lipinski definition) is 5. The lowest BCUT2D eigenvalue weighted by Gasteiger charge is -2.50. The average molecular weight is 290 g/mol. The van der Waals surface area contributed by atoms with Crippen molar-refractivity contribution in [1.29, 1.82) is 0 Å². The Labute approximate surface area is 125 Å². The summed E-state index contributed by atoms with van der Waals surface area (Å²) < 4.78 is 5.71. The normalized spacial score (nSPS) is 22.4. The van der Waals surface area contributed by atoms with Gasteiger partial charge in [0.05, 0.1) is 19.4 Å². The Balaban J connectivity index is 1.66. The highest BCUT2D eigenvalue weighted by Crippen LogP contribution is 2.31. The van der Waals surface area contributed by atoms with Crippen molar-refractivity contribution in [1.82, 2.24) is 19.8 Å². The molecule has 1 aromatic rings. The molecule has 0 aliphatic carbocycles. The van der Waals surface area contributed by atoms with Crippen molar-refractivity contribution < 1.29 is 9.53 Å². The number of likely N-dealkylation sites (N-methyl/N-ethyl adjacent to an activating group) is 1. The minimum absolute atomic E-state index is 0.0160. The van der Waals surface area contributed by atoms with E-state index in [-0.39, 0.29) is 11.4 Å². The van der Waals surface area contributed by atoms with Crippen molar-refractivity contribution in [3.63, 3.8) is 0 Å². The Kier molecular flexibility index (Phi) is 4.17. The molecule has 21 heavy (non-hydrogen) atoms. The van der Waals surface area contributed by atoms with Gasteiger partial charge in [-0.05, 0) is 19.4 Å². The first-order valence-corrected chi connectivity index (χ1v) is 7.63. The minimum Gasteiger partial charge on any atom is -0.378 e. The maximum atomic E-state index is 12.4. The van der Waals surface area contributed by atoms with Gasteiger partial charge in [0.2, 0.25) is 0 Å². The summed E-state index contributed by atoms with van der Waals surface area (Å²) in [6.45, 7) is 7.36. The minimum atomic E-state index is -0.0160. The molecule has 0 aromatic carbocycles. The first kappa shape index (κ1) is 14.4. The van der Waals surface area contributed by atoms with Crippen LogP contribution >= 0.6 is 0 Å². The van der Waals surface area contributed by atoms with Crippen LogP contribution in [0.15, 0.2) is 18.6 Å². The van der Waals surface area contributed by atoms with E-state index in [4.69, 9.17) is 4.74 Å². The van der Waals surface area contributed by atoms with Crippen molar-refractivity contribution in [2.75, 3.05) is 39.4 Å². The van der Waals surface area contributed by atoms with Crippen LogP contribution in [0.1, 0.15) is 30.3 Å². The van der Waals surface area contributed by atoms with Crippen LogP contribution < -0.4 is 0 Å². The summed E-state index contributed by atoms with van der Waals surface area (Å²) in [4.78, 5) is 24.9. The molecule has 1 amide bonds. The van der Waals surface area contributed by atoms with Gasteiger partial charge in [-0.2, -0.15) is 0 Å². The van der Waals surface area contributed by atoms with Crippen LogP contribution in [-0.2, 0) is 4.74 Å². The molecule has 2 aliphatic heterocycles. The number of morpholine rings is 1. The lowest BCUT2D eigenvalue weighted by atomic mass is 9.85. The predicted octanol–water partition coefficient (Wildman–Crippen LogP) is 0.803. The monoisotopic (exact) mass is 290 g/mol. The summed E-state index contributed by atoms with van der Waals surface area (Å²) in [5.41, 5.74) is 0.548. The molecule has 6 nitrogen and oxygen atoms in total. The molecule has 2 fully saturated rings. The molecule has 0 bridgehead atoms. The van der Waals surface area contributed by atoms with Gasteiger partial charge in [0.1, 0.15) is 5.69 Å². The van der Waals surface area contributed by atoms with Crippen molar-refractivity contribution in [3.05, 3.63) is 24.3 Å². The third-order valence-corrected chi connectivity index (χ3v) is 4.69. The van der Waals surface area contributed by atoms with E-state index in [1.165, 1.54) is 6.20 Å². The molecule has 114 valence electrons. The van der Waals surface area contributed by atoms with E-state index >= 15 is 0 Å². The van der Waals surface area contributed by atoms with Gasteiger partial charge < -0.3 is 9.64 Å². The third-order valence-electron chi connectivity index (χ3n) is 4.69. The van der Waals surface area contributed by atoms with E-state index in [1.807, 2.05) is 4.90 Å². The summed E-state index contributed by atoms with van der Waals surface area (Å²) in [6, 6.07) is 0. The zero-order valence-corrected chi connectivity index (χ0v) is 12.5. The molecule has 3 heterocycles. The van der Waals surface area contributed by atoms with Gasteiger partial charge in [0.15, 0.2) is 0 Å². The molecule has 0 saturated carbocycles. The highest BCUT2D eigenvalue weighted by molar-refractivity contribution is 5.92. The summed E-state index contributed by atoms with van der Waals surface area (Å²) >= 11 is 0. The Bertz CT molecular complexity index is 486. The number of nitrogens with zero attached hydrogens (tertiary/aromatic N) is 4. The largest absolute Gasteiger partial charge is 0.378 e. The molecule has 2 aliphatic rings. The fourth-order valence-corrected chi connectivity index (χ4v) is 3.42. The summed E-state index contributed by atoms with van der Waals surface area (Å²) in [5.74, 6) is -0.0160. The van der Waals surface area contributed by atoms with Gasteiger partial charge in [-0.3, -0.25) is 14.7 Å². The van der Waals surface area contributed by atoms with E-state index in [2.05, 4.69) is 21.8 Å². The maximum absolute atomic E-state index is 12.4. The summed E-state index contributed by atoms with van der Waals surface area (Å²) in [6.07, 6.45) is 6.61. The topological polar surface area (TPSA) is 58.6 Å². The molecule has 0 radical (unpaired) electrons. The highest BCUT2D eigenvalue weighted by Gasteiger charge is 2.42. The van der Waals surface area contributed by atoms with Crippen molar-refractivity contribution >= 4 is 5.91 Å². The van der Waals surface area contributed by atoms with E-state index in [1.54, 1.807) is 12.4 Å². The number of piperidine rings is 1. The van der Waals surface area contributed by atoms with Gasteiger partial charge in [-0.15, -0.1) is 0 Å². The number of aromatic nitrogens is 2. The standard InChI is InChI=1S/C15H22N4O2/c1-2-19-9-10-21-12-15(19)3-7-18(8-4-15)14(20)13-11-16-5-6-17-13/h5-6,11H,2-4,7-10,12H2,1H3. The molecule has 1 spiro atoms. The summed E-state index contributed by atoms with van der Waals surface area (Å²) in [5, 5.41) is 0. The first-order chi connectivity index (χ1) is 10.2. The van der Waals surface area contributed by atoms with Crippen LogP contribution in [0.25, 0.3) is 0 Å². The fraction of sp³-hybridized carbons (Fsp3) is 0.667. The van der Waals surface area contributed by atoms with Crippen LogP contribution in [0.3, 0.4) is 0 Å². The molecular weight excluding hydrogens is 268 g/mol. The Morgan fingerprint density at radius 1 is 1.33 bits per heavy atom. The molecule has 0 unspecified atom stereocenters. The van der Waals surface area contributed by atoms with Crippen LogP contribution in [0.4, 0.5) is 0 Å². The van der Waals surface area contributed by atoms with E-state index in [0.29, 0.717) is 5.69 Å². The first-order valence-electron chi connectivity index (χ1n) is 7.63. The molecular formula is C15H22N4O2. The SMILES string of the molecule is CCN1CCOCC12CCN(C(=O)c1cnccn1)CC2. The fourth-order valence-electron chi connectivity index (χ4n) is 3.42. The van der Waals surface area contributed by atoms with Crippen LogP contribution in [0.2, 0.25) is 0 Å². The van der Waals surface area contributed by atoms with E-state index in [0.717, 1.165) is 52.2 Å². The smallest absolute Gasteiger partial charge is 0.274 e. The van der Waals surface area contributed by atoms with Gasteiger partial charge in [0.25, 0.3) is 5.91 Å². The number of carbonyl (C=O) groups excluding carboxylic acids is 1. The molecule has 6 heteroatoms. The number of likely N-dealkylation sites (tertiary alicyclic amines) is 1. The predicted molar refractivity (Wildman–Crippen MR) is 78.0 cm³/mol. The second-order valence-electron chi connectivity index (χ2n) is 5.74. The second-order valence-corrected chi connectivity index (χ2v) is 5.74. The Hall–Kier alpha value is -1.53. The Morgan fingerprint density at radius 3 is 2.81 bits per heavy atom. The second kappa shape index (κ2) is 6.07. The van der Waals surface area contributed by atoms with Crippen LogP contribution in [-0.4, -0.2) is 70.6 Å². The highest BCUT2D eigenvalue weighted by atomic mass is 16.5. The zero-order chi connectivity index (χ0) is 14.7. The van der Waals surface area contributed by atoms with Crippen molar-refractivity contribution in [3.8, 4) is 0 Å². The Morgan fingerprint density at radius 2 is 2.14 bits per heavy atom. The number of ether oxygens (including phenoxy) is 1. The van der Waals surface area contributed by atoms with Gasteiger partial charge in [-0.25, -0.2) is 4.98 Å². The average Bonchev–Trinajstić information content (AvgIpc) is 2.56. The number of rotatable bonds is 2. The molecule has 0 N–H and O–H groups in total. The molecule has 2 saturated heterocycles. The summed E-state index contributed by atoms with van der Waals surface area (Å²) in [7, 11) is 0. The van der Waals surface area contributed by atoms with Crippen molar-refractivity contribution in [2.24, 2.45) is 0 Å². The van der Waals surface area contributed by atoms with Gasteiger partial charge >= 0.3 is 0 Å². The quantitative estimate of drug-likeness (QED) is 0.806. The number of hydrogen-bond donors (Lipinski definition) is 0. The molecule has 0 atom stereocenters. The van der Waals surface area contributed by atoms with Gasteiger partial charge in [0, 0.05) is 37.6 Å². The number of carbonyl (C=O) groups is 1. The van der Waals surface area contributed by atoms with Crippen LogP contribution in [0, 0.1) is 0 Å². The third kappa shape index (κ3) is 2.78. The lowest BCUT2D eigenvalue weighted by molar-refractivity contribution is -0.0894. The number of amides is 1. The molecule has 1 aromatic heterocycles. The van der Waals surface area contributed by atoms with E-state index in [9.17, 15) is 4.79 Å². The van der Waals surface area contributed by atoms with E-state index < -0.39 is 0 Å².